The van der Waals surface area contributed by atoms with E-state index in [9.17, 15) is 0 Å². The van der Waals surface area contributed by atoms with Crippen molar-refractivity contribution >= 4 is 0 Å². The summed E-state index contributed by atoms with van der Waals surface area (Å²) in [5.74, 6) is 1.12. The highest BCUT2D eigenvalue weighted by molar-refractivity contribution is 4.86. The van der Waals surface area contributed by atoms with E-state index in [4.69, 9.17) is 0 Å². The largest absolute Gasteiger partial charge is 0.317 e. The number of unbranched alkanes of at least 4 members (excludes halogenated alkanes) is 1. The van der Waals surface area contributed by atoms with Crippen molar-refractivity contribution in [2.24, 2.45) is 0 Å². The maximum Gasteiger partial charge on any atom is 0.138 e. The molecule has 4 nitrogen and oxygen atoms in total. The van der Waals surface area contributed by atoms with E-state index >= 15 is 0 Å². The van der Waals surface area contributed by atoms with E-state index in [2.05, 4.69) is 36.2 Å². The van der Waals surface area contributed by atoms with Crippen LogP contribution in [0.2, 0.25) is 0 Å². The SMILES string of the molecule is CCCNCCCCc1ncnn1C(C)C. The molecule has 0 aliphatic carbocycles. The van der Waals surface area contributed by atoms with E-state index in [-0.39, 0.29) is 0 Å². The predicted octanol–water partition coefficient (Wildman–Crippen LogP) is 2.18. The van der Waals surface area contributed by atoms with Gasteiger partial charge in [-0.25, -0.2) is 9.67 Å². The summed E-state index contributed by atoms with van der Waals surface area (Å²) in [4.78, 5) is 4.30. The lowest BCUT2D eigenvalue weighted by molar-refractivity contribution is 0.496. The molecule has 1 rings (SSSR count). The molecule has 0 bridgehead atoms. The van der Waals surface area contributed by atoms with Crippen molar-refractivity contribution in [2.75, 3.05) is 13.1 Å². The Hall–Kier alpha value is -0.900. The number of aryl methyl sites for hydroxylation is 1. The summed E-state index contributed by atoms with van der Waals surface area (Å²) in [6, 6.07) is 0.413. The van der Waals surface area contributed by atoms with Crippen LogP contribution in [0.4, 0.5) is 0 Å². The highest BCUT2D eigenvalue weighted by atomic mass is 15.3. The summed E-state index contributed by atoms with van der Waals surface area (Å²) in [7, 11) is 0. The lowest BCUT2D eigenvalue weighted by Gasteiger charge is -2.09. The van der Waals surface area contributed by atoms with Gasteiger partial charge in [0, 0.05) is 12.5 Å². The molecule has 4 heteroatoms. The third kappa shape index (κ3) is 4.31. The average molecular weight is 224 g/mol. The first-order chi connectivity index (χ1) is 7.75. The Bertz CT molecular complexity index is 280. The first kappa shape index (κ1) is 13.2. The Kier molecular flexibility index (Phi) is 6.08. The molecule has 1 N–H and O–H groups in total. The Morgan fingerprint density at radius 1 is 1.31 bits per heavy atom. The molecule has 0 saturated heterocycles. The summed E-state index contributed by atoms with van der Waals surface area (Å²) in [5.41, 5.74) is 0. The summed E-state index contributed by atoms with van der Waals surface area (Å²) in [6.45, 7) is 8.71. The van der Waals surface area contributed by atoms with Gasteiger partial charge in [-0.05, 0) is 46.2 Å². The molecular formula is C12H24N4. The molecule has 1 aromatic rings. The average Bonchev–Trinajstić information content (AvgIpc) is 2.71. The molecule has 16 heavy (non-hydrogen) atoms. The summed E-state index contributed by atoms with van der Waals surface area (Å²) in [5, 5.41) is 7.64. The zero-order chi connectivity index (χ0) is 11.8. The molecule has 1 heterocycles. The highest BCUT2D eigenvalue weighted by Crippen LogP contribution is 2.07. The maximum absolute atomic E-state index is 4.30. The van der Waals surface area contributed by atoms with Gasteiger partial charge >= 0.3 is 0 Å². The summed E-state index contributed by atoms with van der Waals surface area (Å²) in [6.07, 6.45) is 6.30. The molecule has 0 radical (unpaired) electrons. The molecule has 0 aliphatic heterocycles. The molecule has 0 saturated carbocycles. The van der Waals surface area contributed by atoms with Gasteiger partial charge in [-0.1, -0.05) is 6.92 Å². The molecule has 0 amide bonds. The number of hydrogen-bond donors (Lipinski definition) is 1. The van der Waals surface area contributed by atoms with Gasteiger partial charge in [0.05, 0.1) is 0 Å². The molecule has 0 unspecified atom stereocenters. The van der Waals surface area contributed by atoms with Crippen molar-refractivity contribution in [1.82, 2.24) is 20.1 Å². The standard InChI is InChI=1S/C12H24N4/c1-4-8-13-9-6-5-7-12-14-10-15-16(12)11(2)3/h10-11,13H,4-9H2,1-3H3. The van der Waals surface area contributed by atoms with Crippen LogP contribution in [0.15, 0.2) is 6.33 Å². The second-order valence-corrected chi connectivity index (χ2v) is 4.42. The molecule has 0 fully saturated rings. The number of nitrogens with zero attached hydrogens (tertiary/aromatic N) is 3. The normalized spacial score (nSPS) is 11.2. The Labute approximate surface area is 98.5 Å². The van der Waals surface area contributed by atoms with E-state index in [1.165, 1.54) is 19.3 Å². The van der Waals surface area contributed by atoms with Crippen LogP contribution >= 0.6 is 0 Å². The molecule has 0 aliphatic rings. The van der Waals surface area contributed by atoms with Gasteiger partial charge in [0.1, 0.15) is 12.2 Å². The zero-order valence-corrected chi connectivity index (χ0v) is 10.7. The maximum atomic E-state index is 4.30. The van der Waals surface area contributed by atoms with Crippen LogP contribution in [0.3, 0.4) is 0 Å². The van der Waals surface area contributed by atoms with E-state index in [1.807, 2.05) is 4.68 Å². The molecular weight excluding hydrogens is 200 g/mol. The van der Waals surface area contributed by atoms with Gasteiger partial charge < -0.3 is 5.32 Å². The van der Waals surface area contributed by atoms with Crippen LogP contribution in [0.1, 0.15) is 51.9 Å². The molecule has 92 valence electrons. The molecule has 1 aromatic heterocycles. The van der Waals surface area contributed by atoms with E-state index in [0.717, 1.165) is 25.3 Å². The number of nitrogens with one attached hydrogen (secondary N) is 1. The van der Waals surface area contributed by atoms with Crippen molar-refractivity contribution in [3.63, 3.8) is 0 Å². The molecule has 0 aromatic carbocycles. The quantitative estimate of drug-likeness (QED) is 0.688. The summed E-state index contributed by atoms with van der Waals surface area (Å²) >= 11 is 0. The minimum absolute atomic E-state index is 0.413. The Morgan fingerprint density at radius 3 is 2.81 bits per heavy atom. The number of aromatic nitrogens is 3. The summed E-state index contributed by atoms with van der Waals surface area (Å²) < 4.78 is 2.01. The third-order valence-electron chi connectivity index (χ3n) is 2.57. The van der Waals surface area contributed by atoms with Gasteiger partial charge in [0.15, 0.2) is 0 Å². The van der Waals surface area contributed by atoms with Crippen molar-refractivity contribution in [2.45, 2.75) is 52.5 Å². The second kappa shape index (κ2) is 7.39. The van der Waals surface area contributed by atoms with E-state index in [1.54, 1.807) is 6.33 Å². The lowest BCUT2D eigenvalue weighted by Crippen LogP contribution is -2.16. The third-order valence-corrected chi connectivity index (χ3v) is 2.57. The first-order valence-electron chi connectivity index (χ1n) is 6.34. The minimum atomic E-state index is 0.413. The van der Waals surface area contributed by atoms with Crippen LogP contribution < -0.4 is 5.32 Å². The second-order valence-electron chi connectivity index (χ2n) is 4.42. The van der Waals surface area contributed by atoms with Gasteiger partial charge in [-0.15, -0.1) is 0 Å². The van der Waals surface area contributed by atoms with Gasteiger partial charge in [-0.3, -0.25) is 0 Å². The van der Waals surface area contributed by atoms with Crippen LogP contribution in [0.5, 0.6) is 0 Å². The Morgan fingerprint density at radius 2 is 2.12 bits per heavy atom. The fraction of sp³-hybridized carbons (Fsp3) is 0.833. The van der Waals surface area contributed by atoms with Gasteiger partial charge in [-0.2, -0.15) is 5.10 Å². The van der Waals surface area contributed by atoms with Crippen LogP contribution in [0, 0.1) is 0 Å². The Balaban J connectivity index is 2.19. The number of hydrogen-bond acceptors (Lipinski definition) is 3. The van der Waals surface area contributed by atoms with E-state index < -0.39 is 0 Å². The molecule has 0 spiro atoms. The topological polar surface area (TPSA) is 42.7 Å². The van der Waals surface area contributed by atoms with Crippen LogP contribution in [-0.4, -0.2) is 27.9 Å². The molecule has 0 atom stereocenters. The van der Waals surface area contributed by atoms with Gasteiger partial charge in [0.2, 0.25) is 0 Å². The van der Waals surface area contributed by atoms with E-state index in [0.29, 0.717) is 6.04 Å². The predicted molar refractivity (Wildman–Crippen MR) is 66.5 cm³/mol. The fourth-order valence-corrected chi connectivity index (χ4v) is 1.72. The van der Waals surface area contributed by atoms with Crippen molar-refractivity contribution in [1.29, 1.82) is 0 Å². The highest BCUT2D eigenvalue weighted by Gasteiger charge is 2.06. The smallest absolute Gasteiger partial charge is 0.138 e. The van der Waals surface area contributed by atoms with Crippen molar-refractivity contribution in [3.05, 3.63) is 12.2 Å². The van der Waals surface area contributed by atoms with Crippen molar-refractivity contribution < 1.29 is 0 Å². The fourth-order valence-electron chi connectivity index (χ4n) is 1.72. The lowest BCUT2D eigenvalue weighted by atomic mass is 10.2. The van der Waals surface area contributed by atoms with Crippen LogP contribution in [0.25, 0.3) is 0 Å². The zero-order valence-electron chi connectivity index (χ0n) is 10.7. The van der Waals surface area contributed by atoms with Crippen molar-refractivity contribution in [3.8, 4) is 0 Å². The minimum Gasteiger partial charge on any atom is -0.317 e. The van der Waals surface area contributed by atoms with Gasteiger partial charge in [0.25, 0.3) is 0 Å². The number of rotatable bonds is 8. The monoisotopic (exact) mass is 224 g/mol. The van der Waals surface area contributed by atoms with Crippen LogP contribution in [-0.2, 0) is 6.42 Å². The first-order valence-corrected chi connectivity index (χ1v) is 6.34.